The second kappa shape index (κ2) is 5.50. The summed E-state index contributed by atoms with van der Waals surface area (Å²) in [4.78, 5) is 2.11. The van der Waals surface area contributed by atoms with Crippen LogP contribution in [0, 0.1) is 0 Å². The predicted octanol–water partition coefficient (Wildman–Crippen LogP) is -0.215. The number of hydrogen-bond acceptors (Lipinski definition) is 3. The summed E-state index contributed by atoms with van der Waals surface area (Å²) in [7, 11) is 1.16. The van der Waals surface area contributed by atoms with Crippen LogP contribution in [0.3, 0.4) is 0 Å². The highest BCUT2D eigenvalue weighted by atomic mass is 32.2. The number of rotatable bonds is 5. The summed E-state index contributed by atoms with van der Waals surface area (Å²) in [5.41, 5.74) is 0. The molecule has 0 aliphatic rings. The lowest BCUT2D eigenvalue weighted by Gasteiger charge is -2.22. The molecule has 0 radical (unpaired) electrons. The molecule has 0 saturated heterocycles. The zero-order chi connectivity index (χ0) is 9.72. The van der Waals surface area contributed by atoms with Crippen molar-refractivity contribution in [2.45, 2.75) is 19.9 Å². The third-order valence-corrected chi connectivity index (χ3v) is 2.69. The van der Waals surface area contributed by atoms with Gasteiger partial charge in [0.05, 0.1) is 0 Å². The Morgan fingerprint density at radius 1 is 1.17 bits per heavy atom. The maximum Gasteiger partial charge on any atom is 0.203 e. The van der Waals surface area contributed by atoms with E-state index in [0.717, 1.165) is 6.54 Å². The maximum atomic E-state index is 10.4. The molecule has 0 spiro atoms. The summed E-state index contributed by atoms with van der Waals surface area (Å²) in [5.74, 6) is 0. The Morgan fingerprint density at radius 3 is 2.00 bits per heavy atom. The Hall–Kier alpha value is -0.130. The average molecular weight is 194 g/mol. The second-order valence-corrected chi connectivity index (χ2v) is 4.35. The van der Waals surface area contributed by atoms with Crippen molar-refractivity contribution in [3.63, 3.8) is 0 Å². The van der Waals surface area contributed by atoms with Gasteiger partial charge in [-0.2, -0.15) is 0 Å². The van der Waals surface area contributed by atoms with Crippen LogP contribution in [0.1, 0.15) is 13.8 Å². The molecule has 0 fully saturated rings. The van der Waals surface area contributed by atoms with Gasteiger partial charge in [0.25, 0.3) is 0 Å². The quantitative estimate of drug-likeness (QED) is 0.615. The summed E-state index contributed by atoms with van der Waals surface area (Å²) in [6.07, 6.45) is 0. The molecule has 0 aromatic carbocycles. The minimum Gasteiger partial charge on any atom is -0.303 e. The third-order valence-electron chi connectivity index (χ3n) is 1.94. The van der Waals surface area contributed by atoms with Gasteiger partial charge in [0.15, 0.2) is 0 Å². The van der Waals surface area contributed by atoms with E-state index in [-0.39, 0.29) is 0 Å². The van der Waals surface area contributed by atoms with E-state index in [1.54, 1.807) is 7.05 Å². The second-order valence-electron chi connectivity index (χ2n) is 3.19. The van der Waals surface area contributed by atoms with Crippen molar-refractivity contribution >= 4 is 10.9 Å². The first-order valence-corrected chi connectivity index (χ1v) is 5.14. The van der Waals surface area contributed by atoms with E-state index in [0.29, 0.717) is 12.6 Å². The first-order chi connectivity index (χ1) is 5.45. The normalized spacial score (nSPS) is 12.3. The van der Waals surface area contributed by atoms with Crippen molar-refractivity contribution in [1.82, 2.24) is 9.21 Å². The first-order valence-electron chi connectivity index (χ1n) is 4.00. The molecule has 4 nitrogen and oxygen atoms in total. The van der Waals surface area contributed by atoms with Crippen LogP contribution in [0.5, 0.6) is 0 Å². The Bertz CT molecular complexity index is 184. The zero-order valence-electron chi connectivity index (χ0n) is 8.15. The fourth-order valence-corrected chi connectivity index (χ4v) is 0.895. The lowest BCUT2D eigenvalue weighted by Crippen LogP contribution is -2.34. The van der Waals surface area contributed by atoms with E-state index < -0.39 is 10.9 Å². The number of thiol groups is 1. The van der Waals surface area contributed by atoms with Gasteiger partial charge in [-0.15, -0.1) is 0 Å². The van der Waals surface area contributed by atoms with Crippen LogP contribution in [0.15, 0.2) is 0 Å². The molecule has 0 heterocycles. The molecule has 0 aliphatic carbocycles. The highest BCUT2D eigenvalue weighted by molar-refractivity contribution is 7.69. The molecule has 74 valence electrons. The predicted molar refractivity (Wildman–Crippen MR) is 50.7 cm³/mol. The van der Waals surface area contributed by atoms with E-state index >= 15 is 0 Å². The van der Waals surface area contributed by atoms with Crippen molar-refractivity contribution in [2.75, 3.05) is 27.2 Å². The summed E-state index contributed by atoms with van der Waals surface area (Å²) < 4.78 is 22.2. The Balaban J connectivity index is 3.68. The molecule has 0 amide bonds. The van der Waals surface area contributed by atoms with Gasteiger partial charge >= 0.3 is 0 Å². The Labute approximate surface area is 76.2 Å². The van der Waals surface area contributed by atoms with Crippen LogP contribution in [0.4, 0.5) is 0 Å². The van der Waals surface area contributed by atoms with Crippen LogP contribution < -0.4 is 0 Å². The smallest absolute Gasteiger partial charge is 0.203 e. The lowest BCUT2D eigenvalue weighted by atomic mass is 10.3. The largest absolute Gasteiger partial charge is 0.303 e. The van der Waals surface area contributed by atoms with Crippen molar-refractivity contribution in [3.8, 4) is 0 Å². The number of nitrogens with zero attached hydrogens (tertiary/aromatic N) is 2. The van der Waals surface area contributed by atoms with Gasteiger partial charge in [0.2, 0.25) is 10.9 Å². The summed E-state index contributed by atoms with van der Waals surface area (Å²) in [5, 5.41) is 0. The summed E-state index contributed by atoms with van der Waals surface area (Å²) in [6.45, 7) is 5.50. The van der Waals surface area contributed by atoms with E-state index in [4.69, 9.17) is 0 Å². The van der Waals surface area contributed by atoms with E-state index in [1.165, 1.54) is 4.31 Å². The van der Waals surface area contributed by atoms with Gasteiger partial charge in [-0.3, -0.25) is 0 Å². The highest BCUT2D eigenvalue weighted by Gasteiger charge is 2.05. The number of hydrogen-bond donors (Lipinski definition) is 1. The fraction of sp³-hybridized carbons (Fsp3) is 1.00. The molecular weight excluding hydrogens is 176 g/mol. The van der Waals surface area contributed by atoms with Gasteiger partial charge < -0.3 is 4.90 Å². The Kier molecular flexibility index (Phi) is 5.44. The maximum absolute atomic E-state index is 10.4. The minimum absolute atomic E-state index is 0.461. The third kappa shape index (κ3) is 4.69. The average Bonchev–Trinajstić information content (AvgIpc) is 1.98. The monoisotopic (exact) mass is 194 g/mol. The van der Waals surface area contributed by atoms with Crippen LogP contribution in [-0.2, 0) is 10.9 Å². The molecule has 0 N–H and O–H groups in total. The van der Waals surface area contributed by atoms with Crippen LogP contribution in [0.25, 0.3) is 0 Å². The molecule has 0 aromatic heterocycles. The van der Waals surface area contributed by atoms with Crippen molar-refractivity contribution < 1.29 is 8.42 Å². The van der Waals surface area contributed by atoms with Gasteiger partial charge in [-0.25, -0.2) is 12.7 Å². The standard InChI is InChI=1S/C7H18N2O2S/c1-7(2)8(3)5-6-9(4)12(10)11/h7,12H,5-6H2,1-4H3. The van der Waals surface area contributed by atoms with Crippen LogP contribution >= 0.6 is 0 Å². The Morgan fingerprint density at radius 2 is 1.67 bits per heavy atom. The zero-order valence-corrected chi connectivity index (χ0v) is 9.04. The number of likely N-dealkylation sites (N-methyl/N-ethyl adjacent to an activating group) is 2. The molecule has 0 aliphatic heterocycles. The van der Waals surface area contributed by atoms with Gasteiger partial charge in [-0.05, 0) is 20.9 Å². The van der Waals surface area contributed by atoms with Crippen molar-refractivity contribution in [3.05, 3.63) is 0 Å². The minimum atomic E-state index is -2.40. The van der Waals surface area contributed by atoms with E-state index in [2.05, 4.69) is 18.7 Å². The molecule has 12 heavy (non-hydrogen) atoms. The van der Waals surface area contributed by atoms with Crippen LogP contribution in [-0.4, -0.2) is 50.8 Å². The molecule has 0 bridgehead atoms. The molecule has 0 aromatic rings. The molecular formula is C7H18N2O2S. The SMILES string of the molecule is CC(C)N(C)CCN(C)[SH](=O)=O. The highest BCUT2D eigenvalue weighted by Crippen LogP contribution is 1.93. The topological polar surface area (TPSA) is 40.6 Å². The van der Waals surface area contributed by atoms with Gasteiger partial charge in [0, 0.05) is 26.2 Å². The van der Waals surface area contributed by atoms with Gasteiger partial charge in [-0.1, -0.05) is 0 Å². The molecule has 0 rings (SSSR count). The molecule has 5 heteroatoms. The summed E-state index contributed by atoms with van der Waals surface area (Å²) >= 11 is 0. The van der Waals surface area contributed by atoms with Crippen molar-refractivity contribution in [1.29, 1.82) is 0 Å². The van der Waals surface area contributed by atoms with Crippen molar-refractivity contribution in [2.24, 2.45) is 0 Å². The summed E-state index contributed by atoms with van der Waals surface area (Å²) in [6, 6.07) is 0.461. The van der Waals surface area contributed by atoms with Gasteiger partial charge in [0.1, 0.15) is 0 Å². The molecule has 0 saturated carbocycles. The lowest BCUT2D eigenvalue weighted by molar-refractivity contribution is 0.259. The van der Waals surface area contributed by atoms with E-state index in [1.807, 2.05) is 7.05 Å². The van der Waals surface area contributed by atoms with E-state index in [9.17, 15) is 8.42 Å². The molecule has 0 unspecified atom stereocenters. The molecule has 0 atom stereocenters. The fourth-order valence-electron chi connectivity index (χ4n) is 0.642. The first kappa shape index (κ1) is 11.9. The van der Waals surface area contributed by atoms with Crippen LogP contribution in [0.2, 0.25) is 0 Å².